The van der Waals surface area contributed by atoms with Crippen molar-refractivity contribution in [1.82, 2.24) is 26.6 Å². The van der Waals surface area contributed by atoms with E-state index in [1.165, 1.54) is 0 Å². The van der Waals surface area contributed by atoms with Crippen LogP contribution in [0, 0.1) is 0 Å². The number of carbonyl (C=O) groups excluding carboxylic acids is 5. The molecule has 0 spiro atoms. The first kappa shape index (κ1) is 80.8. The number of rotatable bonds is 53. The molecule has 4 aliphatic heterocycles. The van der Waals surface area contributed by atoms with Gasteiger partial charge >= 0.3 is 24.2 Å². The van der Waals surface area contributed by atoms with Gasteiger partial charge in [0.05, 0.1) is 184 Å². The van der Waals surface area contributed by atoms with Gasteiger partial charge < -0.3 is 133 Å². The first-order valence-corrected chi connectivity index (χ1v) is 30.8. The second-order valence-corrected chi connectivity index (χ2v) is 21.6. The summed E-state index contributed by atoms with van der Waals surface area (Å²) in [6.07, 6.45) is -20.4. The van der Waals surface area contributed by atoms with Gasteiger partial charge in [-0.1, -0.05) is 18.2 Å². The number of para-hydroxylation sites is 1. The van der Waals surface area contributed by atoms with E-state index >= 15 is 0 Å². The Morgan fingerprint density at radius 1 is 0.463 bits per heavy atom. The molecule has 10 atom stereocenters. The maximum atomic E-state index is 12.8. The molecule has 32 nitrogen and oxygen atoms in total. The molecule has 5 rings (SSSR count). The minimum atomic E-state index is -5.21. The smallest absolute Gasteiger partial charge is 0.388 e. The quantitative estimate of drug-likeness (QED) is 0.0224. The number of hydrogen-bond donors (Lipinski definition) is 10. The number of fused-ring (bicyclic) bond motifs is 4. The van der Waals surface area contributed by atoms with E-state index in [1.54, 1.807) is 10.6 Å². The first-order chi connectivity index (χ1) is 45.6. The van der Waals surface area contributed by atoms with Crippen molar-refractivity contribution in [1.29, 1.82) is 0 Å². The summed E-state index contributed by atoms with van der Waals surface area (Å²) < 4.78 is 170. The van der Waals surface area contributed by atoms with Crippen LogP contribution in [0.15, 0.2) is 30.3 Å². The maximum Gasteiger partial charge on any atom is 0.471 e. The predicted molar refractivity (Wildman–Crippen MR) is 310 cm³/mol. The third-order valence-electron chi connectivity index (χ3n) is 14.2. The Hall–Kier alpha value is -4.89. The SMILES string of the molecule is O=C(CCOCC(COCCC(=O)NCCOCCOCCOCCOC[C@@]12CO[C@@H](O1)[C@H](NC(=O)C(F)(F)F)[C@@H](O)[C@H]2O)NC(=O)COCCOCCOCCNc1ccccc1)NCCOCCOCCOCCOC[C@@]12CO[C@@H](O1)[C@H](NC(=O)C(F)(F)F)[C@@H](O)[C@H]2O. The van der Waals surface area contributed by atoms with Crippen molar-refractivity contribution in [2.45, 2.75) is 91.5 Å². The maximum absolute atomic E-state index is 12.8. The summed E-state index contributed by atoms with van der Waals surface area (Å²) in [5, 5.41) is 56.6. The molecule has 10 N–H and O–H groups in total. The summed E-state index contributed by atoms with van der Waals surface area (Å²) in [5.74, 6) is -5.71. The summed E-state index contributed by atoms with van der Waals surface area (Å²) in [4.78, 5) is 60.5. The highest BCUT2D eigenvalue weighted by atomic mass is 19.4. The lowest BCUT2D eigenvalue weighted by atomic mass is 9.88. The molecule has 546 valence electrons. The number of amides is 5. The highest BCUT2D eigenvalue weighted by molar-refractivity contribution is 5.82. The van der Waals surface area contributed by atoms with Crippen molar-refractivity contribution in [3.8, 4) is 0 Å². The van der Waals surface area contributed by atoms with Crippen LogP contribution >= 0.6 is 0 Å². The summed E-state index contributed by atoms with van der Waals surface area (Å²) in [7, 11) is 0. The molecule has 0 saturated carbocycles. The molecular weight excluding hydrogens is 1300 g/mol. The van der Waals surface area contributed by atoms with Gasteiger partial charge in [0, 0.05) is 38.2 Å². The lowest BCUT2D eigenvalue weighted by Gasteiger charge is -2.42. The van der Waals surface area contributed by atoms with Crippen LogP contribution in [0.25, 0.3) is 0 Å². The molecule has 95 heavy (non-hydrogen) atoms. The monoisotopic (exact) mass is 1390 g/mol. The van der Waals surface area contributed by atoms with Gasteiger partial charge in [0.15, 0.2) is 12.6 Å². The average Bonchev–Trinajstić information content (AvgIpc) is 1.64. The number of hydrogen-bond acceptors (Lipinski definition) is 27. The van der Waals surface area contributed by atoms with Crippen molar-refractivity contribution < 1.29 is 151 Å². The second-order valence-electron chi connectivity index (χ2n) is 21.6. The Balaban J connectivity index is 0.840. The van der Waals surface area contributed by atoms with E-state index in [4.69, 9.17) is 80.5 Å². The minimum absolute atomic E-state index is 0.000211. The number of aliphatic hydroxyl groups is 4. The number of benzene rings is 1. The Kier molecular flexibility index (Phi) is 37.6. The number of nitrogens with one attached hydrogen (secondary N) is 6. The fourth-order valence-electron chi connectivity index (χ4n) is 9.26. The van der Waals surface area contributed by atoms with Crippen LogP contribution in [0.5, 0.6) is 0 Å². The molecule has 4 aliphatic rings. The van der Waals surface area contributed by atoms with Crippen LogP contribution in [-0.4, -0.2) is 333 Å². The van der Waals surface area contributed by atoms with E-state index in [1.807, 2.05) is 30.3 Å². The molecule has 4 fully saturated rings. The van der Waals surface area contributed by atoms with Crippen molar-refractivity contribution in [3.05, 3.63) is 30.3 Å². The van der Waals surface area contributed by atoms with E-state index in [2.05, 4.69) is 21.3 Å². The fraction of sp³-hybridized carbons (Fsp3) is 0.807. The van der Waals surface area contributed by atoms with Crippen LogP contribution in [-0.2, 0) is 104 Å². The molecule has 38 heteroatoms. The summed E-state index contributed by atoms with van der Waals surface area (Å²) in [6.45, 7) is 3.56. The number of alkyl halides is 6. The lowest BCUT2D eigenvalue weighted by molar-refractivity contribution is -0.240. The molecule has 0 radical (unpaired) electrons. The van der Waals surface area contributed by atoms with Crippen molar-refractivity contribution in [2.75, 3.05) is 210 Å². The number of halogens is 6. The van der Waals surface area contributed by atoms with E-state index in [9.17, 15) is 70.7 Å². The minimum Gasteiger partial charge on any atom is -0.388 e. The van der Waals surface area contributed by atoms with Gasteiger partial charge in [0.1, 0.15) is 54.3 Å². The Bertz CT molecular complexity index is 2220. The molecule has 0 aromatic heterocycles. The van der Waals surface area contributed by atoms with Crippen LogP contribution < -0.4 is 31.9 Å². The van der Waals surface area contributed by atoms with Gasteiger partial charge in [-0.25, -0.2) is 0 Å². The van der Waals surface area contributed by atoms with Crippen LogP contribution in [0.3, 0.4) is 0 Å². The molecule has 4 bridgehead atoms. The Morgan fingerprint density at radius 3 is 1.21 bits per heavy atom. The molecule has 4 saturated heterocycles. The molecule has 0 aliphatic carbocycles. The molecular formula is C57H90F6N6O26. The van der Waals surface area contributed by atoms with Crippen molar-refractivity contribution >= 4 is 35.2 Å². The normalized spacial score (nSPS) is 24.0. The van der Waals surface area contributed by atoms with Gasteiger partial charge in [-0.15, -0.1) is 0 Å². The van der Waals surface area contributed by atoms with Gasteiger partial charge in [0.25, 0.3) is 0 Å². The van der Waals surface area contributed by atoms with Gasteiger partial charge in [-0.05, 0) is 12.1 Å². The van der Waals surface area contributed by atoms with Crippen LogP contribution in [0.2, 0.25) is 0 Å². The highest BCUT2D eigenvalue weighted by Gasteiger charge is 2.62. The third-order valence-corrected chi connectivity index (χ3v) is 14.2. The molecule has 0 unspecified atom stereocenters. The van der Waals surface area contributed by atoms with E-state index in [-0.39, 0.29) is 203 Å². The molecule has 1 aromatic rings. The van der Waals surface area contributed by atoms with Gasteiger partial charge in [-0.3, -0.25) is 24.0 Å². The van der Waals surface area contributed by atoms with Crippen molar-refractivity contribution in [2.24, 2.45) is 0 Å². The molecule has 1 aromatic carbocycles. The number of carbonyl (C=O) groups is 5. The molecule has 5 amide bonds. The highest BCUT2D eigenvalue weighted by Crippen LogP contribution is 2.39. The van der Waals surface area contributed by atoms with E-state index < -0.39 is 96.4 Å². The first-order valence-electron chi connectivity index (χ1n) is 30.8. The van der Waals surface area contributed by atoms with Gasteiger partial charge in [0.2, 0.25) is 17.7 Å². The average molecular weight is 1390 g/mol. The summed E-state index contributed by atoms with van der Waals surface area (Å²) >= 11 is 0. The lowest BCUT2D eigenvalue weighted by Crippen LogP contribution is -2.67. The Morgan fingerprint density at radius 2 is 0.821 bits per heavy atom. The van der Waals surface area contributed by atoms with E-state index in [0.29, 0.717) is 26.4 Å². The fourth-order valence-corrected chi connectivity index (χ4v) is 9.26. The standard InChI is InChI=1S/C57H90F6N6O26/c58-56(59,60)52(77)68-44-46(73)48(75)54(37-92-50(44)94-54)35-90-30-27-85-24-22-82-19-17-80-14-9-65-41(70)6-11-87-32-40(67-43(72)34-89-29-26-84-21-16-79-13-8-64-39-4-2-1-3-5-39)33-88-12-7-42(71)66-10-15-81-18-20-83-23-25-86-28-31-91-36-55-38-93-51(95-55)45(47(74)49(55)76)69-53(78)57(61,62)63/h1-5,40,44-51,64,73-76H,6-38H2,(H,65,70)(H,66,71)(H,67,72)(H,68,77)(H,69,78)/t44-,45-,46-,47-,48-,49-,50+,51+,54+,55+/m1/s1. The second kappa shape index (κ2) is 44.2. The van der Waals surface area contributed by atoms with Crippen LogP contribution in [0.4, 0.5) is 32.0 Å². The Labute approximate surface area is 543 Å². The summed E-state index contributed by atoms with van der Waals surface area (Å²) in [5.41, 5.74) is -2.12. The zero-order valence-electron chi connectivity index (χ0n) is 52.5. The van der Waals surface area contributed by atoms with Gasteiger partial charge in [-0.2, -0.15) is 26.3 Å². The number of aliphatic hydroxyl groups excluding tert-OH is 4. The zero-order valence-corrected chi connectivity index (χ0v) is 52.5. The molecule has 4 heterocycles. The topological polar surface area (TPSA) is 395 Å². The van der Waals surface area contributed by atoms with Crippen LogP contribution in [0.1, 0.15) is 12.8 Å². The van der Waals surface area contributed by atoms with E-state index in [0.717, 1.165) is 5.69 Å². The summed E-state index contributed by atoms with van der Waals surface area (Å²) in [6, 6.07) is 5.75. The number of anilines is 1. The largest absolute Gasteiger partial charge is 0.471 e. The number of ether oxygens (including phenoxy) is 17. The zero-order chi connectivity index (χ0) is 68.8. The van der Waals surface area contributed by atoms with Crippen molar-refractivity contribution in [3.63, 3.8) is 0 Å². The predicted octanol–water partition coefficient (Wildman–Crippen LogP) is -3.40. The third kappa shape index (κ3) is 30.4.